The average Bonchev–Trinajstić information content (AvgIpc) is 3.47. The largest absolute Gasteiger partial charge is 0.490 e. The van der Waals surface area contributed by atoms with Crippen LogP contribution in [0.5, 0.6) is 11.5 Å². The molecule has 0 aliphatic heterocycles. The molecule has 1 aliphatic carbocycles. The number of rotatable bonds is 12. The van der Waals surface area contributed by atoms with Crippen LogP contribution in [-0.2, 0) is 24.5 Å². The van der Waals surface area contributed by atoms with Crippen LogP contribution < -0.4 is 9.47 Å². The van der Waals surface area contributed by atoms with Crippen molar-refractivity contribution in [3.63, 3.8) is 0 Å². The zero-order chi connectivity index (χ0) is 36.4. The maximum Gasteiger partial charge on any atom is 0.330 e. The first-order valence-corrected chi connectivity index (χ1v) is 17.5. The van der Waals surface area contributed by atoms with Crippen molar-refractivity contribution in [2.24, 2.45) is 0 Å². The van der Waals surface area contributed by atoms with E-state index in [4.69, 9.17) is 18.9 Å². The first-order chi connectivity index (χ1) is 26.0. The summed E-state index contributed by atoms with van der Waals surface area (Å²) in [6.07, 6.45) is 2.29. The molecule has 1 aliphatic rings. The van der Waals surface area contributed by atoms with E-state index in [9.17, 15) is 9.59 Å². The fourth-order valence-corrected chi connectivity index (χ4v) is 7.69. The molecular formula is C47H36O6. The molecule has 0 saturated carbocycles. The van der Waals surface area contributed by atoms with Crippen molar-refractivity contribution in [1.29, 1.82) is 0 Å². The van der Waals surface area contributed by atoms with Crippen LogP contribution in [0.3, 0.4) is 0 Å². The Labute approximate surface area is 307 Å². The predicted molar refractivity (Wildman–Crippen MR) is 210 cm³/mol. The number of fused-ring (bicyclic) bond motifs is 6. The number of carbonyl (C=O) groups excluding carboxylic acids is 2. The van der Waals surface area contributed by atoms with Crippen LogP contribution in [-0.4, -0.2) is 38.4 Å². The fraction of sp³-hybridized carbons (Fsp3) is 0.106. The van der Waals surface area contributed by atoms with Gasteiger partial charge in [-0.25, -0.2) is 9.59 Å². The smallest absolute Gasteiger partial charge is 0.330 e. The van der Waals surface area contributed by atoms with Gasteiger partial charge in [-0.1, -0.05) is 104 Å². The molecule has 7 aromatic carbocycles. The summed E-state index contributed by atoms with van der Waals surface area (Å²) in [6, 6.07) is 47.1. The molecular weight excluding hydrogens is 661 g/mol. The third-order valence-corrected chi connectivity index (χ3v) is 9.96. The Morgan fingerprint density at radius 3 is 1.55 bits per heavy atom. The number of carbonyl (C=O) groups is 2. The van der Waals surface area contributed by atoms with Gasteiger partial charge in [0, 0.05) is 17.5 Å². The number of hydrogen-bond donors (Lipinski definition) is 0. The van der Waals surface area contributed by atoms with Gasteiger partial charge in [0.1, 0.15) is 37.9 Å². The van der Waals surface area contributed by atoms with Crippen LogP contribution in [0.2, 0.25) is 0 Å². The van der Waals surface area contributed by atoms with Crippen molar-refractivity contribution >= 4 is 44.3 Å². The van der Waals surface area contributed by atoms with Gasteiger partial charge in [0.25, 0.3) is 0 Å². The summed E-state index contributed by atoms with van der Waals surface area (Å²) in [6.45, 7) is 7.56. The van der Waals surface area contributed by atoms with Gasteiger partial charge >= 0.3 is 11.9 Å². The highest BCUT2D eigenvalue weighted by Gasteiger charge is 2.47. The van der Waals surface area contributed by atoms with Gasteiger partial charge in [0.2, 0.25) is 0 Å². The summed E-state index contributed by atoms with van der Waals surface area (Å²) in [5.74, 6) is 0.400. The summed E-state index contributed by atoms with van der Waals surface area (Å²) in [5, 5.41) is 6.64. The summed E-state index contributed by atoms with van der Waals surface area (Å²) in [5.41, 5.74) is 6.17. The van der Waals surface area contributed by atoms with Crippen LogP contribution in [0.15, 0.2) is 159 Å². The second kappa shape index (κ2) is 14.2. The molecule has 0 radical (unpaired) electrons. The lowest BCUT2D eigenvalue weighted by Gasteiger charge is -2.35. The van der Waals surface area contributed by atoms with Crippen molar-refractivity contribution in [2.45, 2.75) is 5.41 Å². The van der Waals surface area contributed by atoms with E-state index in [0.717, 1.165) is 44.8 Å². The molecule has 6 heteroatoms. The molecule has 260 valence electrons. The van der Waals surface area contributed by atoms with Crippen LogP contribution in [0.1, 0.15) is 22.3 Å². The second-order valence-corrected chi connectivity index (χ2v) is 12.9. The van der Waals surface area contributed by atoms with E-state index in [1.165, 1.54) is 33.0 Å². The lowest BCUT2D eigenvalue weighted by Crippen LogP contribution is -2.29. The van der Waals surface area contributed by atoms with Crippen molar-refractivity contribution in [2.75, 3.05) is 26.4 Å². The monoisotopic (exact) mass is 696 g/mol. The van der Waals surface area contributed by atoms with E-state index >= 15 is 0 Å². The van der Waals surface area contributed by atoms with Crippen LogP contribution in [0, 0.1) is 0 Å². The average molecular weight is 697 g/mol. The zero-order valence-electron chi connectivity index (χ0n) is 29.0. The number of benzene rings is 7. The molecule has 53 heavy (non-hydrogen) atoms. The van der Waals surface area contributed by atoms with Gasteiger partial charge in [-0.15, -0.1) is 0 Å². The van der Waals surface area contributed by atoms with E-state index < -0.39 is 17.4 Å². The summed E-state index contributed by atoms with van der Waals surface area (Å²) in [7, 11) is 0. The molecule has 0 aromatic heterocycles. The van der Waals surface area contributed by atoms with Crippen molar-refractivity contribution in [1.82, 2.24) is 0 Å². The Bertz CT molecular complexity index is 2460. The third kappa shape index (κ3) is 5.98. The predicted octanol–water partition coefficient (Wildman–Crippen LogP) is 9.73. The van der Waals surface area contributed by atoms with Gasteiger partial charge in [0.05, 0.1) is 5.41 Å². The summed E-state index contributed by atoms with van der Waals surface area (Å²) in [4.78, 5) is 23.2. The van der Waals surface area contributed by atoms with Crippen molar-refractivity contribution < 1.29 is 28.5 Å². The van der Waals surface area contributed by atoms with Gasteiger partial charge in [-0.3, -0.25) is 0 Å². The lowest BCUT2D eigenvalue weighted by atomic mass is 9.66. The minimum absolute atomic E-state index is 0.108. The highest BCUT2D eigenvalue weighted by Crippen LogP contribution is 2.59. The van der Waals surface area contributed by atoms with Crippen LogP contribution in [0.25, 0.3) is 43.4 Å². The topological polar surface area (TPSA) is 71.1 Å². The number of esters is 2. The fourth-order valence-electron chi connectivity index (χ4n) is 7.69. The van der Waals surface area contributed by atoms with E-state index in [1.54, 1.807) is 0 Å². The molecule has 8 rings (SSSR count). The van der Waals surface area contributed by atoms with Gasteiger partial charge in [0.15, 0.2) is 0 Å². The molecule has 0 saturated heterocycles. The highest BCUT2D eigenvalue weighted by atomic mass is 16.6. The second-order valence-electron chi connectivity index (χ2n) is 12.9. The Morgan fingerprint density at radius 1 is 0.509 bits per heavy atom. The first-order valence-electron chi connectivity index (χ1n) is 17.5. The molecule has 0 bridgehead atoms. The van der Waals surface area contributed by atoms with Gasteiger partial charge in [-0.2, -0.15) is 0 Å². The molecule has 0 fully saturated rings. The normalized spacial score (nSPS) is 12.5. The molecule has 6 nitrogen and oxygen atoms in total. The standard InChI is InChI=1S/C47H36O6/c1-3-45(48)52-25-23-50-36-19-17-35(18-20-36)47(41-21-22-44(38-16-10-9-15-37(38)41)51-24-26-53-46(49)4-2)42-29-33-13-7-5-11-31(33)27-39(42)40-28-32-12-6-8-14-34(32)30-43(40)47/h3-22,27-30H,1-2,23-26H2. The van der Waals surface area contributed by atoms with Crippen LogP contribution in [0.4, 0.5) is 0 Å². The van der Waals surface area contributed by atoms with Crippen LogP contribution >= 0.6 is 0 Å². The zero-order valence-corrected chi connectivity index (χ0v) is 29.0. The molecule has 0 amide bonds. The summed E-state index contributed by atoms with van der Waals surface area (Å²) < 4.78 is 22.6. The van der Waals surface area contributed by atoms with E-state index in [-0.39, 0.29) is 26.4 Å². The third-order valence-electron chi connectivity index (χ3n) is 9.96. The molecule has 0 heterocycles. The Hall–Kier alpha value is -6.66. The Kier molecular flexibility index (Phi) is 8.95. The van der Waals surface area contributed by atoms with Crippen molar-refractivity contribution in [3.8, 4) is 22.6 Å². The molecule has 0 spiro atoms. The van der Waals surface area contributed by atoms with E-state index in [2.05, 4.69) is 122 Å². The maximum atomic E-state index is 11.7. The van der Waals surface area contributed by atoms with Crippen molar-refractivity contribution in [3.05, 3.63) is 181 Å². The minimum atomic E-state index is -0.742. The minimum Gasteiger partial charge on any atom is -0.490 e. The molecule has 7 aromatic rings. The molecule has 0 N–H and O–H groups in total. The summed E-state index contributed by atoms with van der Waals surface area (Å²) >= 11 is 0. The Morgan fingerprint density at radius 2 is 1.00 bits per heavy atom. The Balaban J connectivity index is 1.35. The quantitative estimate of drug-likeness (QED) is 0.0720. The lowest BCUT2D eigenvalue weighted by molar-refractivity contribution is -0.139. The van der Waals surface area contributed by atoms with Gasteiger partial charge < -0.3 is 18.9 Å². The number of hydrogen-bond acceptors (Lipinski definition) is 6. The molecule has 0 unspecified atom stereocenters. The van der Waals surface area contributed by atoms with Gasteiger partial charge in [-0.05, 0) is 103 Å². The molecule has 0 atom stereocenters. The van der Waals surface area contributed by atoms with E-state index in [0.29, 0.717) is 11.5 Å². The highest BCUT2D eigenvalue weighted by molar-refractivity contribution is 6.03. The number of ether oxygens (including phenoxy) is 4. The SMILES string of the molecule is C=CC(=O)OCCOc1ccc(C2(c3ccc(OCCOC(=O)C=C)c4ccccc34)c3cc4ccccc4cc3-c3cc4ccccc4cc32)cc1. The first kappa shape index (κ1) is 33.5. The maximum absolute atomic E-state index is 11.7. The van der Waals surface area contributed by atoms with E-state index in [1.807, 2.05) is 24.3 Å².